The molecular formula is C26H35ClN2O4. The Morgan fingerprint density at radius 1 is 0.879 bits per heavy atom. The van der Waals surface area contributed by atoms with Crippen LogP contribution in [0, 0.1) is 0 Å². The average molecular weight is 475 g/mol. The van der Waals surface area contributed by atoms with E-state index in [0.717, 1.165) is 32.0 Å². The minimum Gasteiger partial charge on any atom is -0.492 e. The molecule has 0 saturated carbocycles. The van der Waals surface area contributed by atoms with Crippen LogP contribution in [0.1, 0.15) is 24.8 Å². The summed E-state index contributed by atoms with van der Waals surface area (Å²) in [4.78, 5) is 4.70. The molecule has 0 aromatic heterocycles. The van der Waals surface area contributed by atoms with Gasteiger partial charge >= 0.3 is 0 Å². The standard InChI is InChI=1S/C26H35ClN2O4/c27-23-6-10-25(11-7-23)33-21-26(30)19-29(14-16-31-20-26)18-22-4-8-24(9-5-22)32-17-15-28-12-2-1-3-13-28/h4-11,30H,1-3,12-21H2. The van der Waals surface area contributed by atoms with Gasteiger partial charge in [-0.1, -0.05) is 30.2 Å². The molecule has 2 fully saturated rings. The topological polar surface area (TPSA) is 54.4 Å². The zero-order chi connectivity index (χ0) is 22.9. The minimum absolute atomic E-state index is 0.162. The van der Waals surface area contributed by atoms with Crippen molar-refractivity contribution in [3.05, 3.63) is 59.1 Å². The van der Waals surface area contributed by atoms with Crippen molar-refractivity contribution in [2.45, 2.75) is 31.4 Å². The van der Waals surface area contributed by atoms with Crippen molar-refractivity contribution in [1.29, 1.82) is 0 Å². The van der Waals surface area contributed by atoms with Gasteiger partial charge < -0.3 is 19.3 Å². The molecule has 6 nitrogen and oxygen atoms in total. The lowest BCUT2D eigenvalue weighted by molar-refractivity contribution is -0.0646. The van der Waals surface area contributed by atoms with Gasteiger partial charge in [0, 0.05) is 31.2 Å². The van der Waals surface area contributed by atoms with Gasteiger partial charge in [0.2, 0.25) is 0 Å². The van der Waals surface area contributed by atoms with Crippen molar-refractivity contribution in [2.75, 3.05) is 59.2 Å². The highest BCUT2D eigenvalue weighted by Crippen LogP contribution is 2.21. The highest BCUT2D eigenvalue weighted by molar-refractivity contribution is 6.30. The molecule has 1 unspecified atom stereocenters. The number of ether oxygens (including phenoxy) is 3. The molecule has 33 heavy (non-hydrogen) atoms. The third-order valence-corrected chi connectivity index (χ3v) is 6.47. The molecule has 1 atom stereocenters. The van der Waals surface area contributed by atoms with E-state index in [1.54, 1.807) is 24.3 Å². The zero-order valence-electron chi connectivity index (χ0n) is 19.3. The molecule has 0 radical (unpaired) electrons. The summed E-state index contributed by atoms with van der Waals surface area (Å²) in [7, 11) is 0. The Bertz CT molecular complexity index is 842. The highest BCUT2D eigenvalue weighted by Gasteiger charge is 2.33. The predicted molar refractivity (Wildman–Crippen MR) is 130 cm³/mol. The van der Waals surface area contributed by atoms with Crippen LogP contribution < -0.4 is 9.47 Å². The molecule has 0 spiro atoms. The second-order valence-corrected chi connectivity index (χ2v) is 9.56. The number of likely N-dealkylation sites (tertiary alicyclic amines) is 1. The first-order valence-corrected chi connectivity index (χ1v) is 12.3. The fourth-order valence-corrected chi connectivity index (χ4v) is 4.52. The quantitative estimate of drug-likeness (QED) is 0.596. The van der Waals surface area contributed by atoms with E-state index in [1.165, 1.54) is 37.9 Å². The smallest absolute Gasteiger partial charge is 0.134 e. The second-order valence-electron chi connectivity index (χ2n) is 9.12. The Balaban J connectivity index is 1.25. The lowest BCUT2D eigenvalue weighted by atomic mass is 10.1. The third kappa shape index (κ3) is 7.87. The number of rotatable bonds is 9. The predicted octanol–water partition coefficient (Wildman–Crippen LogP) is 3.85. The first kappa shape index (κ1) is 24.3. The highest BCUT2D eigenvalue weighted by atomic mass is 35.5. The molecule has 7 heteroatoms. The largest absolute Gasteiger partial charge is 0.492 e. The molecule has 2 heterocycles. The van der Waals surface area contributed by atoms with E-state index in [2.05, 4.69) is 21.9 Å². The van der Waals surface area contributed by atoms with E-state index in [4.69, 9.17) is 25.8 Å². The Morgan fingerprint density at radius 3 is 2.33 bits per heavy atom. The van der Waals surface area contributed by atoms with Crippen molar-refractivity contribution >= 4 is 11.6 Å². The number of piperidine rings is 1. The maximum atomic E-state index is 11.1. The van der Waals surface area contributed by atoms with E-state index in [9.17, 15) is 5.11 Å². The van der Waals surface area contributed by atoms with Crippen LogP contribution in [0.2, 0.25) is 5.02 Å². The van der Waals surface area contributed by atoms with Crippen LogP contribution >= 0.6 is 11.6 Å². The summed E-state index contributed by atoms with van der Waals surface area (Å²) in [5.41, 5.74) is 0.106. The summed E-state index contributed by atoms with van der Waals surface area (Å²) in [6, 6.07) is 15.4. The van der Waals surface area contributed by atoms with Crippen LogP contribution in [0.5, 0.6) is 11.5 Å². The number of halogens is 1. The van der Waals surface area contributed by atoms with Crippen LogP contribution in [0.3, 0.4) is 0 Å². The fraction of sp³-hybridized carbons (Fsp3) is 0.538. The molecule has 2 aromatic rings. The first-order valence-electron chi connectivity index (χ1n) is 11.9. The molecular weight excluding hydrogens is 440 g/mol. The zero-order valence-corrected chi connectivity index (χ0v) is 20.0. The SMILES string of the molecule is OC1(COc2ccc(Cl)cc2)COCCN(Cc2ccc(OCCN3CCCCC3)cc2)C1. The van der Waals surface area contributed by atoms with Crippen LogP contribution in [-0.2, 0) is 11.3 Å². The number of β-amino-alcohol motifs (C(OH)–C–C–N with tert-alkyl or cyclic N) is 1. The van der Waals surface area contributed by atoms with E-state index in [-0.39, 0.29) is 13.2 Å². The van der Waals surface area contributed by atoms with Crippen molar-refractivity contribution in [3.8, 4) is 11.5 Å². The Labute approximate surface area is 202 Å². The first-order chi connectivity index (χ1) is 16.1. The van der Waals surface area contributed by atoms with E-state index >= 15 is 0 Å². The number of aliphatic hydroxyl groups is 1. The van der Waals surface area contributed by atoms with E-state index in [1.807, 2.05) is 12.1 Å². The van der Waals surface area contributed by atoms with Crippen molar-refractivity contribution in [2.24, 2.45) is 0 Å². The van der Waals surface area contributed by atoms with E-state index in [0.29, 0.717) is 23.9 Å². The molecule has 0 bridgehead atoms. The molecule has 2 aliphatic heterocycles. The van der Waals surface area contributed by atoms with Crippen LogP contribution in [0.4, 0.5) is 0 Å². The normalized spacial score (nSPS) is 22.6. The van der Waals surface area contributed by atoms with Crippen molar-refractivity contribution in [1.82, 2.24) is 9.80 Å². The molecule has 2 aliphatic rings. The van der Waals surface area contributed by atoms with Gasteiger partial charge in [0.05, 0.1) is 13.2 Å². The van der Waals surface area contributed by atoms with Crippen LogP contribution in [-0.4, -0.2) is 79.7 Å². The average Bonchev–Trinajstić information content (AvgIpc) is 3.02. The summed E-state index contributed by atoms with van der Waals surface area (Å²) in [6.45, 7) is 7.08. The summed E-state index contributed by atoms with van der Waals surface area (Å²) in [6.07, 6.45) is 3.96. The molecule has 4 rings (SSSR count). The summed E-state index contributed by atoms with van der Waals surface area (Å²) in [5.74, 6) is 1.59. The molecule has 2 saturated heterocycles. The molecule has 1 N–H and O–H groups in total. The lowest BCUT2D eigenvalue weighted by Gasteiger charge is -2.30. The molecule has 180 valence electrons. The number of hydrogen-bond donors (Lipinski definition) is 1. The number of nitrogens with zero attached hydrogens (tertiary/aromatic N) is 2. The minimum atomic E-state index is -1.08. The Morgan fingerprint density at radius 2 is 1.58 bits per heavy atom. The maximum absolute atomic E-state index is 11.1. The summed E-state index contributed by atoms with van der Waals surface area (Å²) in [5, 5.41) is 11.8. The summed E-state index contributed by atoms with van der Waals surface area (Å²) >= 11 is 5.93. The van der Waals surface area contributed by atoms with Crippen LogP contribution in [0.15, 0.2) is 48.5 Å². The van der Waals surface area contributed by atoms with Gasteiger partial charge in [-0.2, -0.15) is 0 Å². The van der Waals surface area contributed by atoms with Crippen molar-refractivity contribution in [3.63, 3.8) is 0 Å². The van der Waals surface area contributed by atoms with Crippen molar-refractivity contribution < 1.29 is 19.3 Å². The Kier molecular flexibility index (Phi) is 8.87. The molecule has 2 aromatic carbocycles. The Hall–Kier alpha value is -1.83. The van der Waals surface area contributed by atoms with Gasteiger partial charge in [-0.3, -0.25) is 9.80 Å². The third-order valence-electron chi connectivity index (χ3n) is 6.22. The van der Waals surface area contributed by atoms with Gasteiger partial charge in [0.1, 0.15) is 30.3 Å². The lowest BCUT2D eigenvalue weighted by Crippen LogP contribution is -2.48. The molecule has 0 aliphatic carbocycles. The fourth-order valence-electron chi connectivity index (χ4n) is 4.39. The monoisotopic (exact) mass is 474 g/mol. The second kappa shape index (κ2) is 12.0. The van der Waals surface area contributed by atoms with E-state index < -0.39 is 5.60 Å². The maximum Gasteiger partial charge on any atom is 0.134 e. The number of benzene rings is 2. The number of hydrogen-bond acceptors (Lipinski definition) is 6. The van der Waals surface area contributed by atoms with Gasteiger partial charge in [0.15, 0.2) is 0 Å². The summed E-state index contributed by atoms with van der Waals surface area (Å²) < 4.78 is 17.4. The van der Waals surface area contributed by atoms with Gasteiger partial charge in [-0.05, 0) is 67.9 Å². The van der Waals surface area contributed by atoms with Gasteiger partial charge in [-0.25, -0.2) is 0 Å². The van der Waals surface area contributed by atoms with Gasteiger partial charge in [-0.15, -0.1) is 0 Å². The molecule has 0 amide bonds. The van der Waals surface area contributed by atoms with Gasteiger partial charge in [0.25, 0.3) is 0 Å². The van der Waals surface area contributed by atoms with Crippen LogP contribution in [0.25, 0.3) is 0 Å².